The predicted octanol–water partition coefficient (Wildman–Crippen LogP) is 1.25. The molecular formula is C13H22N2O3S. The molecule has 0 bridgehead atoms. The Hall–Kier alpha value is -0.850. The van der Waals surface area contributed by atoms with Gasteiger partial charge in [-0.05, 0) is 18.9 Å². The Morgan fingerprint density at radius 1 is 1.37 bits per heavy atom. The van der Waals surface area contributed by atoms with E-state index in [1.54, 1.807) is 30.1 Å². The Kier molecular flexibility index (Phi) is 4.32. The Morgan fingerprint density at radius 2 is 2.05 bits per heavy atom. The summed E-state index contributed by atoms with van der Waals surface area (Å²) in [7, 11) is -1.68. The van der Waals surface area contributed by atoms with Gasteiger partial charge in [0.1, 0.15) is 0 Å². The molecule has 0 saturated heterocycles. The molecule has 0 atom stereocenters. The van der Waals surface area contributed by atoms with Crippen LogP contribution in [0, 0.1) is 5.41 Å². The molecule has 0 aliphatic heterocycles. The van der Waals surface area contributed by atoms with Gasteiger partial charge >= 0.3 is 0 Å². The van der Waals surface area contributed by atoms with Gasteiger partial charge in [-0.3, -0.25) is 0 Å². The van der Waals surface area contributed by atoms with E-state index >= 15 is 0 Å². The highest BCUT2D eigenvalue weighted by molar-refractivity contribution is 7.89. The van der Waals surface area contributed by atoms with E-state index in [0.717, 1.165) is 25.7 Å². The molecule has 1 heterocycles. The molecule has 2 N–H and O–H groups in total. The Bertz CT molecular complexity index is 516. The van der Waals surface area contributed by atoms with Crippen molar-refractivity contribution in [3.05, 3.63) is 18.5 Å². The lowest BCUT2D eigenvalue weighted by atomic mass is 9.75. The summed E-state index contributed by atoms with van der Waals surface area (Å²) in [5.74, 6) is 0. The van der Waals surface area contributed by atoms with Gasteiger partial charge in [0.2, 0.25) is 10.0 Å². The molecule has 1 aromatic rings. The van der Waals surface area contributed by atoms with Gasteiger partial charge in [-0.15, -0.1) is 0 Å². The lowest BCUT2D eigenvalue weighted by molar-refractivity contribution is 0.0867. The third kappa shape index (κ3) is 3.38. The number of aliphatic hydroxyl groups excluding tert-OH is 1. The molecule has 0 amide bonds. The van der Waals surface area contributed by atoms with E-state index in [0.29, 0.717) is 6.54 Å². The molecule has 1 fully saturated rings. The number of aromatic nitrogens is 1. The van der Waals surface area contributed by atoms with Crippen LogP contribution in [0.1, 0.15) is 32.1 Å². The van der Waals surface area contributed by atoms with Crippen LogP contribution in [0.5, 0.6) is 0 Å². The maximum absolute atomic E-state index is 12.1. The Balaban J connectivity index is 2.04. The molecule has 0 spiro atoms. The molecule has 2 rings (SSSR count). The summed E-state index contributed by atoms with van der Waals surface area (Å²) in [4.78, 5) is 0.277. The summed E-state index contributed by atoms with van der Waals surface area (Å²) >= 11 is 0. The third-order valence-electron chi connectivity index (χ3n) is 4.00. The minimum Gasteiger partial charge on any atom is -0.396 e. The summed E-state index contributed by atoms with van der Waals surface area (Å²) in [6, 6.07) is 1.58. The minimum atomic E-state index is -3.47. The van der Waals surface area contributed by atoms with Crippen LogP contribution in [-0.4, -0.2) is 31.2 Å². The lowest BCUT2D eigenvalue weighted by Gasteiger charge is -2.35. The fourth-order valence-corrected chi connectivity index (χ4v) is 3.87. The van der Waals surface area contributed by atoms with E-state index < -0.39 is 10.0 Å². The smallest absolute Gasteiger partial charge is 0.242 e. The first kappa shape index (κ1) is 14.6. The highest BCUT2D eigenvalue weighted by Crippen LogP contribution is 2.35. The van der Waals surface area contributed by atoms with Crippen LogP contribution in [0.3, 0.4) is 0 Å². The van der Waals surface area contributed by atoms with Crippen molar-refractivity contribution in [1.82, 2.24) is 9.29 Å². The molecule has 0 aromatic carbocycles. The fourth-order valence-electron chi connectivity index (χ4n) is 2.66. The van der Waals surface area contributed by atoms with Gasteiger partial charge in [0.05, 0.1) is 4.90 Å². The highest BCUT2D eigenvalue weighted by atomic mass is 32.2. The quantitative estimate of drug-likeness (QED) is 0.855. The number of nitrogens with zero attached hydrogens (tertiary/aromatic N) is 1. The predicted molar refractivity (Wildman–Crippen MR) is 73.2 cm³/mol. The summed E-state index contributed by atoms with van der Waals surface area (Å²) < 4.78 is 28.6. The molecule has 5 nitrogen and oxygen atoms in total. The van der Waals surface area contributed by atoms with Gasteiger partial charge < -0.3 is 9.67 Å². The molecule has 6 heteroatoms. The van der Waals surface area contributed by atoms with Crippen molar-refractivity contribution >= 4 is 10.0 Å². The van der Waals surface area contributed by atoms with Crippen molar-refractivity contribution in [2.45, 2.75) is 37.0 Å². The molecule has 19 heavy (non-hydrogen) atoms. The van der Waals surface area contributed by atoms with E-state index in [4.69, 9.17) is 0 Å². The van der Waals surface area contributed by atoms with Crippen LogP contribution in [0.4, 0.5) is 0 Å². The molecule has 1 aromatic heterocycles. The van der Waals surface area contributed by atoms with Gasteiger partial charge in [-0.1, -0.05) is 19.3 Å². The number of nitrogens with one attached hydrogen (secondary N) is 1. The number of rotatable bonds is 5. The number of aliphatic hydroxyl groups is 1. The largest absolute Gasteiger partial charge is 0.396 e. The average Bonchev–Trinajstić information content (AvgIpc) is 2.85. The van der Waals surface area contributed by atoms with E-state index in [1.807, 2.05) is 0 Å². The number of aryl methyl sites for hydroxylation is 1. The van der Waals surface area contributed by atoms with Crippen molar-refractivity contribution < 1.29 is 13.5 Å². The van der Waals surface area contributed by atoms with Gasteiger partial charge in [0, 0.05) is 38.0 Å². The van der Waals surface area contributed by atoms with Crippen molar-refractivity contribution in [1.29, 1.82) is 0 Å². The average molecular weight is 286 g/mol. The molecular weight excluding hydrogens is 264 g/mol. The molecule has 0 radical (unpaired) electrons. The highest BCUT2D eigenvalue weighted by Gasteiger charge is 2.32. The first-order chi connectivity index (χ1) is 8.97. The van der Waals surface area contributed by atoms with Crippen LogP contribution >= 0.6 is 0 Å². The van der Waals surface area contributed by atoms with Crippen LogP contribution < -0.4 is 4.72 Å². The van der Waals surface area contributed by atoms with Gasteiger partial charge in [0.15, 0.2) is 0 Å². The molecule has 0 unspecified atom stereocenters. The first-order valence-electron chi connectivity index (χ1n) is 6.70. The maximum atomic E-state index is 12.1. The van der Waals surface area contributed by atoms with Crippen LogP contribution in [0.15, 0.2) is 23.4 Å². The monoisotopic (exact) mass is 286 g/mol. The summed E-state index contributed by atoms with van der Waals surface area (Å²) in [5.41, 5.74) is -0.278. The number of hydrogen-bond acceptors (Lipinski definition) is 3. The Morgan fingerprint density at radius 3 is 2.58 bits per heavy atom. The van der Waals surface area contributed by atoms with Gasteiger partial charge in [-0.2, -0.15) is 0 Å². The van der Waals surface area contributed by atoms with Crippen LogP contribution in [0.2, 0.25) is 0 Å². The normalized spacial score (nSPS) is 19.5. The first-order valence-corrected chi connectivity index (χ1v) is 8.18. The zero-order valence-electron chi connectivity index (χ0n) is 11.3. The fraction of sp³-hybridized carbons (Fsp3) is 0.692. The second kappa shape index (κ2) is 5.64. The van der Waals surface area contributed by atoms with Crippen molar-refractivity contribution in [2.24, 2.45) is 12.5 Å². The third-order valence-corrected chi connectivity index (χ3v) is 5.39. The zero-order valence-corrected chi connectivity index (χ0v) is 12.1. The van der Waals surface area contributed by atoms with E-state index in [2.05, 4.69) is 4.72 Å². The standard InChI is InChI=1S/C13H22N2O3S/c1-15-8-5-12(9-15)19(17,18)14-10-13(11-16)6-3-2-4-7-13/h5,8-9,14,16H,2-4,6-7,10-11H2,1H3. The van der Waals surface area contributed by atoms with Gasteiger partial charge in [0.25, 0.3) is 0 Å². The van der Waals surface area contributed by atoms with Crippen LogP contribution in [-0.2, 0) is 17.1 Å². The van der Waals surface area contributed by atoms with E-state index in [-0.39, 0.29) is 16.9 Å². The lowest BCUT2D eigenvalue weighted by Crippen LogP contribution is -2.41. The molecule has 1 saturated carbocycles. The molecule has 1 aliphatic rings. The van der Waals surface area contributed by atoms with Crippen molar-refractivity contribution in [3.8, 4) is 0 Å². The second-order valence-electron chi connectivity index (χ2n) is 5.56. The van der Waals surface area contributed by atoms with Crippen molar-refractivity contribution in [3.63, 3.8) is 0 Å². The minimum absolute atomic E-state index is 0.0459. The number of sulfonamides is 1. The summed E-state index contributed by atoms with van der Waals surface area (Å²) in [6.45, 7) is 0.366. The van der Waals surface area contributed by atoms with Crippen molar-refractivity contribution in [2.75, 3.05) is 13.2 Å². The van der Waals surface area contributed by atoms with E-state index in [1.165, 1.54) is 6.42 Å². The summed E-state index contributed by atoms with van der Waals surface area (Å²) in [5, 5.41) is 9.57. The summed E-state index contributed by atoms with van der Waals surface area (Å²) in [6.07, 6.45) is 8.36. The van der Waals surface area contributed by atoms with E-state index in [9.17, 15) is 13.5 Å². The molecule has 108 valence electrons. The maximum Gasteiger partial charge on any atom is 0.242 e. The zero-order chi connectivity index (χ0) is 13.9. The topological polar surface area (TPSA) is 71.3 Å². The van der Waals surface area contributed by atoms with Gasteiger partial charge in [-0.25, -0.2) is 13.1 Å². The second-order valence-corrected chi connectivity index (χ2v) is 7.32. The molecule has 1 aliphatic carbocycles. The number of hydrogen-bond donors (Lipinski definition) is 2. The van der Waals surface area contributed by atoms with Crippen LogP contribution in [0.25, 0.3) is 0 Å². The Labute approximate surface area is 114 Å². The SMILES string of the molecule is Cn1ccc(S(=O)(=O)NCC2(CO)CCCCC2)c1.